The Balaban J connectivity index is 1.63. The summed E-state index contributed by atoms with van der Waals surface area (Å²) in [6.07, 6.45) is 1.16. The van der Waals surface area contributed by atoms with E-state index >= 15 is 0 Å². The van der Waals surface area contributed by atoms with Gasteiger partial charge in [-0.2, -0.15) is 0 Å². The van der Waals surface area contributed by atoms with Crippen molar-refractivity contribution in [3.8, 4) is 5.75 Å². The molecule has 1 heterocycles. The minimum absolute atomic E-state index is 0.123. The topological polar surface area (TPSA) is 81.4 Å². The fraction of sp³-hybridized carbons (Fsp3) is 0.267. The van der Waals surface area contributed by atoms with Crippen molar-refractivity contribution < 1.29 is 18.8 Å². The summed E-state index contributed by atoms with van der Waals surface area (Å²) < 4.78 is 10.4. The van der Waals surface area contributed by atoms with Crippen LogP contribution in [0.3, 0.4) is 0 Å². The van der Waals surface area contributed by atoms with Crippen molar-refractivity contribution in [1.29, 1.82) is 0 Å². The summed E-state index contributed by atoms with van der Waals surface area (Å²) in [5, 5.41) is 6.25. The van der Waals surface area contributed by atoms with Crippen LogP contribution in [0, 0.1) is 6.92 Å². The molecule has 1 aliphatic rings. The van der Waals surface area contributed by atoms with Crippen molar-refractivity contribution in [3.63, 3.8) is 0 Å². The van der Waals surface area contributed by atoms with E-state index in [0.717, 1.165) is 5.56 Å². The molecule has 0 fully saturated rings. The van der Waals surface area contributed by atoms with Gasteiger partial charge in [0.15, 0.2) is 18.2 Å². The fourth-order valence-electron chi connectivity index (χ4n) is 2.34. The quantitative estimate of drug-likeness (QED) is 0.931. The number of ether oxygens (including phenoxy) is 1. The van der Waals surface area contributed by atoms with E-state index in [9.17, 15) is 9.59 Å². The zero-order valence-electron chi connectivity index (χ0n) is 11.5. The van der Waals surface area contributed by atoms with E-state index < -0.39 is 0 Å². The van der Waals surface area contributed by atoms with Gasteiger partial charge >= 0.3 is 0 Å². The molecule has 0 radical (unpaired) electrons. The van der Waals surface area contributed by atoms with Crippen LogP contribution in [0.4, 0.5) is 5.82 Å². The molecule has 1 aliphatic carbocycles. The Kier molecular flexibility index (Phi) is 3.43. The number of Topliss-reactive ketones (excluding diaryl/α,β-unsaturated/α-hetero) is 1. The van der Waals surface area contributed by atoms with E-state index in [-0.39, 0.29) is 18.3 Å². The number of ketones is 1. The standard InChI is InChI=1S/C15H14N2O4/c1-9-7-14(17-21-9)16-15(19)8-20-13-4-2-3-10-11(13)5-6-12(10)18/h2-4,7H,5-6,8H2,1H3,(H,16,17,19). The minimum atomic E-state index is -0.328. The third-order valence-corrected chi connectivity index (χ3v) is 3.29. The highest BCUT2D eigenvalue weighted by atomic mass is 16.5. The summed E-state index contributed by atoms with van der Waals surface area (Å²) in [7, 11) is 0. The summed E-state index contributed by atoms with van der Waals surface area (Å²) in [4.78, 5) is 23.4. The van der Waals surface area contributed by atoms with Crippen LogP contribution in [-0.2, 0) is 11.2 Å². The Hall–Kier alpha value is -2.63. The van der Waals surface area contributed by atoms with Crippen molar-refractivity contribution >= 4 is 17.5 Å². The molecule has 0 saturated carbocycles. The Labute approximate surface area is 121 Å². The molecule has 0 atom stereocenters. The highest BCUT2D eigenvalue weighted by molar-refractivity contribution is 6.01. The number of carbonyl (C=O) groups is 2. The number of anilines is 1. The van der Waals surface area contributed by atoms with Gasteiger partial charge in [0.05, 0.1) is 0 Å². The summed E-state index contributed by atoms with van der Waals surface area (Å²) in [5.74, 6) is 1.35. The average molecular weight is 286 g/mol. The van der Waals surface area contributed by atoms with Gasteiger partial charge in [-0.1, -0.05) is 17.3 Å². The second-order valence-corrected chi connectivity index (χ2v) is 4.87. The Morgan fingerprint density at radius 2 is 2.29 bits per heavy atom. The molecule has 0 spiro atoms. The normalized spacial score (nSPS) is 13.1. The number of aryl methyl sites for hydroxylation is 1. The number of amides is 1. The number of carbonyl (C=O) groups excluding carboxylic acids is 2. The molecule has 108 valence electrons. The zero-order chi connectivity index (χ0) is 14.8. The van der Waals surface area contributed by atoms with Gasteiger partial charge in [0.25, 0.3) is 5.91 Å². The Morgan fingerprint density at radius 1 is 1.43 bits per heavy atom. The molecule has 1 N–H and O–H groups in total. The monoisotopic (exact) mass is 286 g/mol. The molecular weight excluding hydrogens is 272 g/mol. The SMILES string of the molecule is Cc1cc(NC(=O)COc2cccc3c2CCC3=O)no1. The first-order valence-electron chi connectivity index (χ1n) is 6.64. The van der Waals surface area contributed by atoms with E-state index in [1.54, 1.807) is 31.2 Å². The van der Waals surface area contributed by atoms with Crippen LogP contribution in [0.15, 0.2) is 28.8 Å². The molecule has 3 rings (SSSR count). The first-order valence-corrected chi connectivity index (χ1v) is 6.64. The largest absolute Gasteiger partial charge is 0.483 e. The lowest BCUT2D eigenvalue weighted by molar-refractivity contribution is -0.118. The summed E-state index contributed by atoms with van der Waals surface area (Å²) >= 11 is 0. The Bertz CT molecular complexity index is 705. The van der Waals surface area contributed by atoms with Crippen LogP contribution < -0.4 is 10.1 Å². The molecule has 0 bridgehead atoms. The number of fused-ring (bicyclic) bond motifs is 1. The first-order chi connectivity index (χ1) is 10.1. The number of nitrogens with one attached hydrogen (secondary N) is 1. The predicted octanol–water partition coefficient (Wildman–Crippen LogP) is 2.13. The van der Waals surface area contributed by atoms with E-state index in [1.807, 2.05) is 0 Å². The van der Waals surface area contributed by atoms with Crippen LogP contribution in [0.2, 0.25) is 0 Å². The van der Waals surface area contributed by atoms with Gasteiger partial charge in [-0.25, -0.2) is 0 Å². The number of aromatic nitrogens is 1. The fourth-order valence-corrected chi connectivity index (χ4v) is 2.34. The maximum absolute atomic E-state index is 11.8. The smallest absolute Gasteiger partial charge is 0.263 e. The van der Waals surface area contributed by atoms with E-state index in [0.29, 0.717) is 35.7 Å². The van der Waals surface area contributed by atoms with Crippen LogP contribution in [0.5, 0.6) is 5.75 Å². The predicted molar refractivity (Wildman–Crippen MR) is 74.5 cm³/mol. The van der Waals surface area contributed by atoms with Gasteiger partial charge < -0.3 is 14.6 Å². The van der Waals surface area contributed by atoms with Crippen molar-refractivity contribution in [1.82, 2.24) is 5.16 Å². The first kappa shape index (κ1) is 13.4. The van der Waals surface area contributed by atoms with Crippen LogP contribution in [0.25, 0.3) is 0 Å². The van der Waals surface area contributed by atoms with Gasteiger partial charge in [-0.3, -0.25) is 9.59 Å². The van der Waals surface area contributed by atoms with E-state index in [1.165, 1.54) is 0 Å². The summed E-state index contributed by atoms with van der Waals surface area (Å²) in [6, 6.07) is 6.94. The lowest BCUT2D eigenvalue weighted by atomic mass is 10.1. The third kappa shape index (κ3) is 2.79. The molecule has 1 aromatic carbocycles. The van der Waals surface area contributed by atoms with Crippen LogP contribution in [0.1, 0.15) is 28.1 Å². The molecule has 21 heavy (non-hydrogen) atoms. The minimum Gasteiger partial charge on any atom is -0.483 e. The maximum atomic E-state index is 11.8. The lowest BCUT2D eigenvalue weighted by Gasteiger charge is -2.09. The average Bonchev–Trinajstić information content (AvgIpc) is 3.04. The van der Waals surface area contributed by atoms with E-state index in [2.05, 4.69) is 10.5 Å². The van der Waals surface area contributed by atoms with Crippen molar-refractivity contribution in [2.75, 3.05) is 11.9 Å². The summed E-state index contributed by atoms with van der Waals surface area (Å²) in [6.45, 7) is 1.60. The third-order valence-electron chi connectivity index (χ3n) is 3.29. The van der Waals surface area contributed by atoms with Gasteiger partial charge in [0, 0.05) is 23.6 Å². The highest BCUT2D eigenvalue weighted by Crippen LogP contribution is 2.30. The molecule has 1 aromatic heterocycles. The van der Waals surface area contributed by atoms with Crippen molar-refractivity contribution in [2.45, 2.75) is 19.8 Å². The molecule has 0 saturated heterocycles. The molecule has 6 nitrogen and oxygen atoms in total. The molecule has 2 aromatic rings. The number of hydrogen-bond acceptors (Lipinski definition) is 5. The van der Waals surface area contributed by atoms with Crippen LogP contribution in [-0.4, -0.2) is 23.5 Å². The van der Waals surface area contributed by atoms with Gasteiger partial charge in [0.2, 0.25) is 0 Å². The molecule has 0 aliphatic heterocycles. The summed E-state index contributed by atoms with van der Waals surface area (Å²) in [5.41, 5.74) is 1.58. The zero-order valence-corrected chi connectivity index (χ0v) is 11.5. The Morgan fingerprint density at radius 3 is 3.05 bits per heavy atom. The number of benzene rings is 1. The molecule has 6 heteroatoms. The van der Waals surface area contributed by atoms with E-state index in [4.69, 9.17) is 9.26 Å². The van der Waals surface area contributed by atoms with Crippen molar-refractivity contribution in [2.24, 2.45) is 0 Å². The molecular formula is C15H14N2O4. The molecule has 0 unspecified atom stereocenters. The van der Waals surface area contributed by atoms with Gasteiger partial charge in [-0.05, 0) is 19.4 Å². The number of nitrogens with zero attached hydrogens (tertiary/aromatic N) is 1. The second kappa shape index (κ2) is 5.40. The lowest BCUT2D eigenvalue weighted by Crippen LogP contribution is -2.20. The number of rotatable bonds is 4. The highest BCUT2D eigenvalue weighted by Gasteiger charge is 2.22. The van der Waals surface area contributed by atoms with Crippen LogP contribution >= 0.6 is 0 Å². The van der Waals surface area contributed by atoms with Crippen molar-refractivity contribution in [3.05, 3.63) is 41.2 Å². The molecule has 1 amide bonds. The maximum Gasteiger partial charge on any atom is 0.263 e. The van der Waals surface area contributed by atoms with Gasteiger partial charge in [-0.15, -0.1) is 0 Å². The number of hydrogen-bond donors (Lipinski definition) is 1. The second-order valence-electron chi connectivity index (χ2n) is 4.87. The van der Waals surface area contributed by atoms with Gasteiger partial charge in [0.1, 0.15) is 11.5 Å².